The van der Waals surface area contributed by atoms with Crippen LogP contribution in [0.25, 0.3) is 0 Å². The van der Waals surface area contributed by atoms with E-state index >= 15 is 0 Å². The molecule has 0 unspecified atom stereocenters. The summed E-state index contributed by atoms with van der Waals surface area (Å²) in [4.78, 5) is 4.69. The van der Waals surface area contributed by atoms with Crippen molar-refractivity contribution in [2.75, 3.05) is 12.3 Å². The highest BCUT2D eigenvalue weighted by Crippen LogP contribution is 2.43. The number of nitrogens with one attached hydrogen (secondary N) is 1. The largest absolute Gasteiger partial charge is 0.359 e. The highest BCUT2D eigenvalue weighted by Gasteiger charge is 2.36. The van der Waals surface area contributed by atoms with Gasteiger partial charge in [0.15, 0.2) is 10.9 Å². The van der Waals surface area contributed by atoms with Gasteiger partial charge in [-0.15, -0.1) is 0 Å². The van der Waals surface area contributed by atoms with Crippen LogP contribution in [0.5, 0.6) is 0 Å². The maximum atomic E-state index is 5.17. The van der Waals surface area contributed by atoms with E-state index in [0.717, 1.165) is 23.2 Å². The number of hydrogen-bond donors (Lipinski definition) is 1. The summed E-state index contributed by atoms with van der Waals surface area (Å²) in [6, 6.07) is 1.96. The van der Waals surface area contributed by atoms with Gasteiger partial charge in [-0.1, -0.05) is 29.8 Å². The lowest BCUT2D eigenvalue weighted by Crippen LogP contribution is -2.33. The number of thioether (sulfide) groups is 1. The molecule has 0 bridgehead atoms. The molecule has 5 heteroatoms. The predicted octanol–water partition coefficient (Wildman–Crippen LogP) is 2.74. The van der Waals surface area contributed by atoms with Gasteiger partial charge in [0.05, 0.1) is 12.2 Å². The minimum atomic E-state index is 0.513. The van der Waals surface area contributed by atoms with Crippen LogP contribution >= 0.6 is 11.8 Å². The fourth-order valence-electron chi connectivity index (χ4n) is 2.75. The Morgan fingerprint density at radius 1 is 1.44 bits per heavy atom. The third-order valence-electron chi connectivity index (χ3n) is 3.83. The molecular formula is C13H19N3OS. The van der Waals surface area contributed by atoms with Gasteiger partial charge in [0, 0.05) is 18.4 Å². The monoisotopic (exact) mass is 265 g/mol. The molecule has 0 saturated heterocycles. The van der Waals surface area contributed by atoms with Crippen molar-refractivity contribution >= 4 is 16.9 Å². The molecule has 1 N–H and O–H groups in total. The number of rotatable bonds is 2. The Hall–Kier alpha value is -0.970. The van der Waals surface area contributed by atoms with E-state index in [0.29, 0.717) is 12.0 Å². The van der Waals surface area contributed by atoms with E-state index in [2.05, 4.69) is 10.5 Å². The summed E-state index contributed by atoms with van der Waals surface area (Å²) in [5.74, 6) is 2.09. The first kappa shape index (κ1) is 12.1. The van der Waals surface area contributed by atoms with Gasteiger partial charge in [0.2, 0.25) is 0 Å². The number of aliphatic imine (C=N–C) groups is 1. The summed E-state index contributed by atoms with van der Waals surface area (Å²) < 4.78 is 5.17. The van der Waals surface area contributed by atoms with Crippen molar-refractivity contribution in [3.05, 3.63) is 17.5 Å². The Morgan fingerprint density at radius 3 is 2.89 bits per heavy atom. The van der Waals surface area contributed by atoms with E-state index in [1.807, 2.05) is 24.8 Å². The molecule has 1 aliphatic heterocycles. The minimum absolute atomic E-state index is 0.513. The molecule has 1 spiro atoms. The van der Waals surface area contributed by atoms with Gasteiger partial charge in [-0.2, -0.15) is 0 Å². The molecule has 4 nitrogen and oxygen atoms in total. The number of amidine groups is 1. The topological polar surface area (TPSA) is 50.4 Å². The second-order valence-corrected chi connectivity index (χ2v) is 6.37. The van der Waals surface area contributed by atoms with Crippen molar-refractivity contribution in [1.82, 2.24) is 10.5 Å². The highest BCUT2D eigenvalue weighted by atomic mass is 32.2. The summed E-state index contributed by atoms with van der Waals surface area (Å²) in [6.07, 6.45) is 5.49. The first-order valence-electron chi connectivity index (χ1n) is 6.59. The average molecular weight is 265 g/mol. The smallest absolute Gasteiger partial charge is 0.156 e. The summed E-state index contributed by atoms with van der Waals surface area (Å²) >= 11 is 1.86. The van der Waals surface area contributed by atoms with Crippen LogP contribution in [-0.2, 0) is 6.54 Å². The van der Waals surface area contributed by atoms with E-state index in [9.17, 15) is 0 Å². The third kappa shape index (κ3) is 2.55. The maximum absolute atomic E-state index is 5.17. The van der Waals surface area contributed by atoms with E-state index in [1.165, 1.54) is 31.4 Å². The van der Waals surface area contributed by atoms with E-state index in [1.54, 1.807) is 0 Å². The van der Waals surface area contributed by atoms with Crippen molar-refractivity contribution < 1.29 is 4.52 Å². The van der Waals surface area contributed by atoms with Crippen LogP contribution in [0.1, 0.15) is 37.1 Å². The van der Waals surface area contributed by atoms with E-state index < -0.39 is 0 Å². The van der Waals surface area contributed by atoms with Crippen molar-refractivity contribution in [3.63, 3.8) is 0 Å². The van der Waals surface area contributed by atoms with Gasteiger partial charge in [-0.05, 0) is 25.2 Å². The molecule has 1 fully saturated rings. The minimum Gasteiger partial charge on any atom is -0.359 e. The van der Waals surface area contributed by atoms with Crippen molar-refractivity contribution in [2.24, 2.45) is 10.4 Å². The lowest BCUT2D eigenvalue weighted by molar-refractivity contribution is 0.357. The third-order valence-corrected chi connectivity index (χ3v) is 5.13. The molecule has 0 radical (unpaired) electrons. The number of nitrogens with zero attached hydrogens (tertiary/aromatic N) is 2. The zero-order chi connectivity index (χ0) is 12.4. The van der Waals surface area contributed by atoms with Gasteiger partial charge in [0.25, 0.3) is 0 Å². The summed E-state index contributed by atoms with van der Waals surface area (Å²) in [5.41, 5.74) is 1.44. The predicted molar refractivity (Wildman–Crippen MR) is 73.7 cm³/mol. The standard InChI is InChI=1S/C13H19N3OS/c1-10-6-11(17-16-10)7-14-12-15-8-13(9-18-12)4-2-3-5-13/h6H,2-5,7-9H2,1H3,(H,14,15). The lowest BCUT2D eigenvalue weighted by Gasteiger charge is -2.30. The quantitative estimate of drug-likeness (QED) is 0.893. The Bertz CT molecular complexity index is 449. The van der Waals surface area contributed by atoms with Crippen molar-refractivity contribution in [1.29, 1.82) is 0 Å². The van der Waals surface area contributed by atoms with Crippen LogP contribution in [0, 0.1) is 12.3 Å². The molecule has 0 amide bonds. The van der Waals surface area contributed by atoms with Crippen LogP contribution in [0.4, 0.5) is 0 Å². The van der Waals surface area contributed by atoms with Gasteiger partial charge < -0.3 is 9.84 Å². The normalized spacial score (nSPS) is 22.2. The molecule has 0 aromatic carbocycles. The molecule has 98 valence electrons. The highest BCUT2D eigenvalue weighted by molar-refractivity contribution is 8.13. The summed E-state index contributed by atoms with van der Waals surface area (Å²) in [7, 11) is 0. The Morgan fingerprint density at radius 2 is 2.28 bits per heavy atom. The maximum Gasteiger partial charge on any atom is 0.156 e. The molecule has 0 atom stereocenters. The van der Waals surface area contributed by atoms with Gasteiger partial charge >= 0.3 is 0 Å². The molecule has 1 aromatic rings. The van der Waals surface area contributed by atoms with E-state index in [4.69, 9.17) is 9.52 Å². The molecular weight excluding hydrogens is 246 g/mol. The van der Waals surface area contributed by atoms with Crippen LogP contribution in [0.15, 0.2) is 15.6 Å². The SMILES string of the molecule is Cc1cc(CNC2=NCC3(CCCC3)CS2)on1. The molecule has 2 aliphatic rings. The molecule has 1 saturated carbocycles. The summed E-state index contributed by atoms with van der Waals surface area (Å²) in [6.45, 7) is 3.61. The summed E-state index contributed by atoms with van der Waals surface area (Å²) in [5, 5.41) is 8.27. The molecule has 1 aliphatic carbocycles. The molecule has 1 aromatic heterocycles. The molecule has 2 heterocycles. The van der Waals surface area contributed by atoms with E-state index in [-0.39, 0.29) is 0 Å². The van der Waals surface area contributed by atoms with Crippen LogP contribution < -0.4 is 5.32 Å². The van der Waals surface area contributed by atoms with Crippen LogP contribution in [0.3, 0.4) is 0 Å². The zero-order valence-electron chi connectivity index (χ0n) is 10.7. The second-order valence-electron chi connectivity index (χ2n) is 5.41. The first-order chi connectivity index (χ1) is 8.76. The number of aryl methyl sites for hydroxylation is 1. The van der Waals surface area contributed by atoms with Gasteiger partial charge in [0.1, 0.15) is 0 Å². The Kier molecular flexibility index (Phi) is 3.33. The number of aromatic nitrogens is 1. The number of hydrogen-bond acceptors (Lipinski definition) is 5. The molecule has 3 rings (SSSR count). The lowest BCUT2D eigenvalue weighted by atomic mass is 9.89. The van der Waals surface area contributed by atoms with Gasteiger partial charge in [-0.3, -0.25) is 4.99 Å². The van der Waals surface area contributed by atoms with Crippen molar-refractivity contribution in [3.8, 4) is 0 Å². The Balaban J connectivity index is 1.54. The fourth-order valence-corrected chi connectivity index (χ4v) is 3.90. The van der Waals surface area contributed by atoms with Crippen LogP contribution in [0.2, 0.25) is 0 Å². The molecule has 18 heavy (non-hydrogen) atoms. The van der Waals surface area contributed by atoms with Crippen LogP contribution in [-0.4, -0.2) is 22.6 Å². The average Bonchev–Trinajstić information content (AvgIpc) is 2.99. The second kappa shape index (κ2) is 4.96. The van der Waals surface area contributed by atoms with Crippen molar-refractivity contribution in [2.45, 2.75) is 39.2 Å². The fraction of sp³-hybridized carbons (Fsp3) is 0.692. The Labute approximate surface area is 112 Å². The van der Waals surface area contributed by atoms with Gasteiger partial charge in [-0.25, -0.2) is 0 Å². The first-order valence-corrected chi connectivity index (χ1v) is 7.58. The zero-order valence-corrected chi connectivity index (χ0v) is 11.6.